The monoisotopic (exact) mass is 608 g/mol. The molecule has 2 bridgehead atoms. The van der Waals surface area contributed by atoms with E-state index < -0.39 is 17.1 Å². The fourth-order valence-corrected chi connectivity index (χ4v) is 7.50. The number of amides is 2. The highest BCUT2D eigenvalue weighted by atomic mass is 16.3. The van der Waals surface area contributed by atoms with Crippen molar-refractivity contribution in [1.29, 1.82) is 0 Å². The summed E-state index contributed by atoms with van der Waals surface area (Å²) in [6, 6.07) is 24.6. The van der Waals surface area contributed by atoms with E-state index in [1.54, 1.807) is 4.90 Å². The van der Waals surface area contributed by atoms with Crippen molar-refractivity contribution in [2.75, 3.05) is 18.4 Å². The van der Waals surface area contributed by atoms with Gasteiger partial charge in [-0.1, -0.05) is 86.2 Å². The first-order valence-electron chi connectivity index (χ1n) is 16.5. The van der Waals surface area contributed by atoms with Gasteiger partial charge in [0.1, 0.15) is 0 Å². The number of anilines is 1. The standard InChI is InChI=1S/C39H48N2O4/c1-4-24-41(37(44)40-31-15-9-6-10-16-31)27-39(45)23-21-35-33-20-18-29(26-34(33)36(43)30-13-7-5-8-14-30)25-32(42)19-17-28(2)12-11-22-38(35,39)3/h5-10,12-16,18,20,26,32,35,42,45H,4,11,17,19,21-25,27H2,1-3H3,(H,40,44)/t32-,35-,38-,39+/m0/s1. The summed E-state index contributed by atoms with van der Waals surface area (Å²) in [6.45, 7) is 7.05. The molecule has 3 aliphatic carbocycles. The normalized spacial score (nSPS) is 25.1. The molecule has 4 atom stereocenters. The minimum atomic E-state index is -1.17. The third-order valence-corrected chi connectivity index (χ3v) is 10.2. The van der Waals surface area contributed by atoms with Crippen LogP contribution in [0.15, 0.2) is 90.5 Å². The summed E-state index contributed by atoms with van der Waals surface area (Å²) in [4.78, 5) is 29.4. The molecule has 3 aromatic carbocycles. The van der Waals surface area contributed by atoms with Gasteiger partial charge < -0.3 is 20.4 Å². The third-order valence-electron chi connectivity index (χ3n) is 10.2. The summed E-state index contributed by atoms with van der Waals surface area (Å²) < 4.78 is 0. The molecule has 6 nitrogen and oxygen atoms in total. The van der Waals surface area contributed by atoms with Gasteiger partial charge in [0.15, 0.2) is 5.78 Å². The van der Waals surface area contributed by atoms with Crippen LogP contribution in [0.2, 0.25) is 0 Å². The summed E-state index contributed by atoms with van der Waals surface area (Å²) in [7, 11) is 0. The Labute approximate surface area is 268 Å². The van der Waals surface area contributed by atoms with Gasteiger partial charge in [0.2, 0.25) is 0 Å². The van der Waals surface area contributed by atoms with Crippen LogP contribution in [0, 0.1) is 5.41 Å². The van der Waals surface area contributed by atoms with E-state index in [4.69, 9.17) is 0 Å². The number of rotatable bonds is 7. The highest BCUT2D eigenvalue weighted by molar-refractivity contribution is 6.10. The van der Waals surface area contributed by atoms with Crippen LogP contribution in [-0.4, -0.2) is 51.7 Å². The lowest BCUT2D eigenvalue weighted by Crippen LogP contribution is -2.54. The molecule has 3 N–H and O–H groups in total. The van der Waals surface area contributed by atoms with Crippen LogP contribution in [0.4, 0.5) is 10.5 Å². The van der Waals surface area contributed by atoms with Gasteiger partial charge in [-0.2, -0.15) is 0 Å². The second-order valence-electron chi connectivity index (χ2n) is 13.4. The number of aliphatic hydroxyl groups excluding tert-OH is 1. The van der Waals surface area contributed by atoms with Gasteiger partial charge in [-0.3, -0.25) is 4.79 Å². The molecule has 0 unspecified atom stereocenters. The average molecular weight is 609 g/mol. The predicted octanol–water partition coefficient (Wildman–Crippen LogP) is 7.90. The van der Waals surface area contributed by atoms with Crippen molar-refractivity contribution in [3.63, 3.8) is 0 Å². The summed E-state index contributed by atoms with van der Waals surface area (Å²) in [5, 5.41) is 26.6. The summed E-state index contributed by atoms with van der Waals surface area (Å²) in [6.07, 6.45) is 7.14. The lowest BCUT2D eigenvalue weighted by atomic mass is 9.64. The maximum Gasteiger partial charge on any atom is 0.321 e. The highest BCUT2D eigenvalue weighted by Gasteiger charge is 2.57. The van der Waals surface area contributed by atoms with Crippen molar-refractivity contribution < 1.29 is 19.8 Å². The number of allylic oxidation sites excluding steroid dienone is 2. The molecule has 0 aliphatic heterocycles. The van der Waals surface area contributed by atoms with Crippen molar-refractivity contribution in [3.8, 4) is 0 Å². The Morgan fingerprint density at radius 3 is 2.40 bits per heavy atom. The molecule has 3 aromatic rings. The number of urea groups is 1. The van der Waals surface area contributed by atoms with Crippen molar-refractivity contribution in [1.82, 2.24) is 4.90 Å². The largest absolute Gasteiger partial charge is 0.393 e. The molecule has 6 rings (SSSR count). The molecule has 238 valence electrons. The van der Waals surface area contributed by atoms with Crippen molar-refractivity contribution >= 4 is 17.5 Å². The lowest BCUT2D eigenvalue weighted by Gasteiger charge is -2.46. The SMILES string of the molecule is CCCN(C[C@]1(O)CC[C@H]2c3ccc(cc3C(=O)c3ccccc3)C[C@@H](O)CCC(C)=CCC[C@@]21C)C(=O)Nc1ccccc1. The molecular formula is C39H48N2O4. The number of ketones is 1. The van der Waals surface area contributed by atoms with E-state index in [-0.39, 0.29) is 24.3 Å². The van der Waals surface area contributed by atoms with Gasteiger partial charge in [0.05, 0.1) is 18.2 Å². The van der Waals surface area contributed by atoms with E-state index in [1.165, 1.54) is 5.57 Å². The molecule has 6 heteroatoms. The van der Waals surface area contributed by atoms with Gasteiger partial charge in [0.25, 0.3) is 0 Å². The maximum absolute atomic E-state index is 14.1. The number of benzene rings is 3. The van der Waals surface area contributed by atoms with Gasteiger partial charge in [-0.25, -0.2) is 4.79 Å². The first-order valence-corrected chi connectivity index (χ1v) is 16.5. The van der Waals surface area contributed by atoms with Crippen LogP contribution in [0.25, 0.3) is 0 Å². The van der Waals surface area contributed by atoms with Gasteiger partial charge >= 0.3 is 6.03 Å². The smallest absolute Gasteiger partial charge is 0.321 e. The number of carbonyl (C=O) groups is 2. The molecule has 2 amide bonds. The zero-order valence-electron chi connectivity index (χ0n) is 27.0. The Balaban J connectivity index is 1.56. The maximum atomic E-state index is 14.1. The van der Waals surface area contributed by atoms with Crippen LogP contribution in [0.1, 0.15) is 98.7 Å². The number of carbonyl (C=O) groups excluding carboxylic acids is 2. The van der Waals surface area contributed by atoms with Crippen LogP contribution < -0.4 is 5.32 Å². The van der Waals surface area contributed by atoms with E-state index in [0.717, 1.165) is 36.1 Å². The molecule has 45 heavy (non-hydrogen) atoms. The van der Waals surface area contributed by atoms with E-state index >= 15 is 0 Å². The highest BCUT2D eigenvalue weighted by Crippen LogP contribution is 2.59. The quantitative estimate of drug-likeness (QED) is 0.188. The van der Waals surface area contributed by atoms with E-state index in [9.17, 15) is 19.8 Å². The van der Waals surface area contributed by atoms with E-state index in [1.807, 2.05) is 79.7 Å². The zero-order chi connectivity index (χ0) is 32.0. The molecule has 1 fully saturated rings. The molecule has 0 spiro atoms. The Morgan fingerprint density at radius 1 is 0.978 bits per heavy atom. The van der Waals surface area contributed by atoms with Crippen molar-refractivity contribution in [2.45, 2.75) is 89.8 Å². The summed E-state index contributed by atoms with van der Waals surface area (Å²) in [5.74, 6) is -0.140. The first-order chi connectivity index (χ1) is 21.6. The fraction of sp³-hybridized carbons (Fsp3) is 0.436. The number of aliphatic hydroxyl groups is 2. The van der Waals surface area contributed by atoms with Gasteiger partial charge in [-0.05, 0) is 93.5 Å². The minimum Gasteiger partial charge on any atom is -0.393 e. The van der Waals surface area contributed by atoms with Crippen LogP contribution in [0.5, 0.6) is 0 Å². The molecule has 0 aromatic heterocycles. The number of nitrogens with zero attached hydrogens (tertiary/aromatic N) is 1. The number of hydrogen-bond acceptors (Lipinski definition) is 4. The summed E-state index contributed by atoms with van der Waals surface area (Å²) in [5.41, 5.74) is 3.32. The second-order valence-corrected chi connectivity index (χ2v) is 13.4. The minimum absolute atomic E-state index is 0.0441. The van der Waals surface area contributed by atoms with Gasteiger partial charge in [-0.15, -0.1) is 0 Å². The average Bonchev–Trinajstić information content (AvgIpc) is 3.29. The predicted molar refractivity (Wildman–Crippen MR) is 181 cm³/mol. The lowest BCUT2D eigenvalue weighted by molar-refractivity contribution is -0.0763. The zero-order valence-corrected chi connectivity index (χ0v) is 27.0. The number of para-hydroxylation sites is 1. The number of fused-ring (bicyclic) bond motifs is 8. The molecule has 1 saturated carbocycles. The fourth-order valence-electron chi connectivity index (χ4n) is 7.50. The summed E-state index contributed by atoms with van der Waals surface area (Å²) >= 11 is 0. The van der Waals surface area contributed by atoms with Crippen LogP contribution in [-0.2, 0) is 6.42 Å². The van der Waals surface area contributed by atoms with E-state index in [0.29, 0.717) is 49.8 Å². The molecule has 3 aliphatic rings. The Morgan fingerprint density at radius 2 is 1.69 bits per heavy atom. The molecule has 0 radical (unpaired) electrons. The van der Waals surface area contributed by atoms with Crippen LogP contribution >= 0.6 is 0 Å². The molecule has 0 heterocycles. The number of hydrogen-bond donors (Lipinski definition) is 3. The topological polar surface area (TPSA) is 89.9 Å². The number of nitrogens with one attached hydrogen (secondary N) is 1. The second kappa shape index (κ2) is 14.1. The van der Waals surface area contributed by atoms with Crippen molar-refractivity contribution in [3.05, 3.63) is 113 Å². The van der Waals surface area contributed by atoms with E-state index in [2.05, 4.69) is 31.3 Å². The molecular weight excluding hydrogens is 560 g/mol. The Kier molecular flexibility index (Phi) is 10.3. The van der Waals surface area contributed by atoms with Crippen LogP contribution in [0.3, 0.4) is 0 Å². The Bertz CT molecular complexity index is 1500. The Hall–Kier alpha value is -3.74. The first kappa shape index (κ1) is 32.6. The van der Waals surface area contributed by atoms with Crippen molar-refractivity contribution in [2.24, 2.45) is 5.41 Å². The third kappa shape index (κ3) is 7.23. The molecule has 0 saturated heterocycles. The van der Waals surface area contributed by atoms with Gasteiger partial charge in [0, 0.05) is 28.8 Å².